The van der Waals surface area contributed by atoms with Crippen LogP contribution in [0.3, 0.4) is 0 Å². The fraction of sp³-hybridized carbons (Fsp3) is 0.0714. The number of para-hydroxylation sites is 1. The standard InChI is InChI=1S/C14H12ClNO/c1-9-3-2-4-12(13(9)16)14(17)10-5-7-11(15)8-6-10/h2-8H,16H2,1H3. The van der Waals surface area contributed by atoms with Gasteiger partial charge in [0.25, 0.3) is 0 Å². The van der Waals surface area contributed by atoms with Gasteiger partial charge < -0.3 is 5.73 Å². The topological polar surface area (TPSA) is 43.1 Å². The molecule has 0 saturated heterocycles. The molecule has 2 aromatic rings. The molecule has 0 heterocycles. The Bertz CT molecular complexity index is 561. The lowest BCUT2D eigenvalue weighted by atomic mass is 9.99. The molecular formula is C14H12ClNO. The van der Waals surface area contributed by atoms with Crippen molar-refractivity contribution in [2.24, 2.45) is 0 Å². The number of hydrogen-bond acceptors (Lipinski definition) is 2. The van der Waals surface area contributed by atoms with Crippen molar-refractivity contribution in [2.45, 2.75) is 6.92 Å². The fourth-order valence-electron chi connectivity index (χ4n) is 1.64. The fourth-order valence-corrected chi connectivity index (χ4v) is 1.76. The second kappa shape index (κ2) is 4.60. The molecule has 2 N–H and O–H groups in total. The number of carbonyl (C=O) groups is 1. The van der Waals surface area contributed by atoms with E-state index in [9.17, 15) is 4.79 Å². The van der Waals surface area contributed by atoms with Crippen molar-refractivity contribution in [3.63, 3.8) is 0 Å². The summed E-state index contributed by atoms with van der Waals surface area (Å²) in [7, 11) is 0. The molecule has 0 radical (unpaired) electrons. The van der Waals surface area contributed by atoms with E-state index in [0.29, 0.717) is 21.8 Å². The summed E-state index contributed by atoms with van der Waals surface area (Å²) in [4.78, 5) is 12.2. The smallest absolute Gasteiger partial charge is 0.195 e. The zero-order valence-corrected chi connectivity index (χ0v) is 10.2. The second-order valence-corrected chi connectivity index (χ2v) is 4.31. The highest BCUT2D eigenvalue weighted by Crippen LogP contribution is 2.21. The quantitative estimate of drug-likeness (QED) is 0.650. The zero-order chi connectivity index (χ0) is 12.4. The number of carbonyl (C=O) groups excluding carboxylic acids is 1. The summed E-state index contributed by atoms with van der Waals surface area (Å²) in [6.45, 7) is 1.88. The predicted octanol–water partition coefficient (Wildman–Crippen LogP) is 3.46. The van der Waals surface area contributed by atoms with Crippen molar-refractivity contribution in [3.8, 4) is 0 Å². The van der Waals surface area contributed by atoms with Gasteiger partial charge in [0.1, 0.15) is 0 Å². The van der Waals surface area contributed by atoms with Crippen molar-refractivity contribution in [3.05, 3.63) is 64.2 Å². The number of rotatable bonds is 2. The van der Waals surface area contributed by atoms with Gasteiger partial charge in [0.05, 0.1) is 0 Å². The van der Waals surface area contributed by atoms with Gasteiger partial charge in [0, 0.05) is 21.8 Å². The van der Waals surface area contributed by atoms with Crippen LogP contribution in [0, 0.1) is 6.92 Å². The Labute approximate surface area is 105 Å². The average molecular weight is 246 g/mol. The third kappa shape index (κ3) is 2.32. The molecule has 0 bridgehead atoms. The molecule has 86 valence electrons. The molecule has 0 aliphatic heterocycles. The van der Waals surface area contributed by atoms with Gasteiger partial charge in [-0.1, -0.05) is 23.7 Å². The highest BCUT2D eigenvalue weighted by molar-refractivity contribution is 6.30. The van der Waals surface area contributed by atoms with Gasteiger partial charge >= 0.3 is 0 Å². The number of anilines is 1. The van der Waals surface area contributed by atoms with Crippen molar-refractivity contribution < 1.29 is 4.79 Å². The van der Waals surface area contributed by atoms with Gasteiger partial charge in [-0.15, -0.1) is 0 Å². The summed E-state index contributed by atoms with van der Waals surface area (Å²) in [6.07, 6.45) is 0. The summed E-state index contributed by atoms with van der Waals surface area (Å²) >= 11 is 5.78. The molecule has 2 rings (SSSR count). The maximum atomic E-state index is 12.2. The lowest BCUT2D eigenvalue weighted by Gasteiger charge is -2.07. The van der Waals surface area contributed by atoms with E-state index in [1.807, 2.05) is 19.1 Å². The van der Waals surface area contributed by atoms with E-state index in [2.05, 4.69) is 0 Å². The number of nitrogen functional groups attached to an aromatic ring is 1. The molecule has 17 heavy (non-hydrogen) atoms. The first-order chi connectivity index (χ1) is 8.09. The molecule has 3 heteroatoms. The van der Waals surface area contributed by atoms with E-state index in [4.69, 9.17) is 17.3 Å². The summed E-state index contributed by atoms with van der Waals surface area (Å²) in [5.41, 5.74) is 8.47. The van der Waals surface area contributed by atoms with Gasteiger partial charge in [-0.05, 0) is 42.8 Å². The van der Waals surface area contributed by atoms with Gasteiger partial charge in [0.2, 0.25) is 0 Å². The van der Waals surface area contributed by atoms with Crippen LogP contribution in [0.15, 0.2) is 42.5 Å². The van der Waals surface area contributed by atoms with Crippen LogP contribution in [-0.2, 0) is 0 Å². The van der Waals surface area contributed by atoms with Crippen LogP contribution in [0.4, 0.5) is 5.69 Å². The van der Waals surface area contributed by atoms with E-state index < -0.39 is 0 Å². The lowest BCUT2D eigenvalue weighted by Crippen LogP contribution is -2.06. The number of hydrogen-bond donors (Lipinski definition) is 1. The third-order valence-electron chi connectivity index (χ3n) is 2.68. The molecule has 0 aliphatic carbocycles. The number of nitrogens with two attached hydrogens (primary N) is 1. The maximum Gasteiger partial charge on any atom is 0.195 e. The molecule has 0 unspecified atom stereocenters. The minimum absolute atomic E-state index is 0.0807. The van der Waals surface area contributed by atoms with E-state index in [0.717, 1.165) is 5.56 Å². The molecule has 0 saturated carbocycles. The highest BCUT2D eigenvalue weighted by Gasteiger charge is 2.12. The molecular weight excluding hydrogens is 234 g/mol. The average Bonchev–Trinajstić information content (AvgIpc) is 2.33. The lowest BCUT2D eigenvalue weighted by molar-refractivity contribution is 0.103. The van der Waals surface area contributed by atoms with Crippen LogP contribution in [-0.4, -0.2) is 5.78 Å². The number of benzene rings is 2. The first-order valence-corrected chi connectivity index (χ1v) is 5.63. The maximum absolute atomic E-state index is 12.2. The first-order valence-electron chi connectivity index (χ1n) is 5.25. The second-order valence-electron chi connectivity index (χ2n) is 3.87. The van der Waals surface area contributed by atoms with Gasteiger partial charge in [-0.2, -0.15) is 0 Å². The normalized spacial score (nSPS) is 10.2. The Balaban J connectivity index is 2.44. The molecule has 0 spiro atoms. The molecule has 2 aromatic carbocycles. The van der Waals surface area contributed by atoms with Crippen LogP contribution in [0.1, 0.15) is 21.5 Å². The van der Waals surface area contributed by atoms with Crippen LogP contribution < -0.4 is 5.73 Å². The molecule has 2 nitrogen and oxygen atoms in total. The van der Waals surface area contributed by atoms with Gasteiger partial charge in [-0.25, -0.2) is 0 Å². The summed E-state index contributed by atoms with van der Waals surface area (Å²) < 4.78 is 0. The van der Waals surface area contributed by atoms with E-state index in [1.165, 1.54) is 0 Å². The first kappa shape index (κ1) is 11.7. The molecule has 0 atom stereocenters. The third-order valence-corrected chi connectivity index (χ3v) is 2.93. The minimum atomic E-state index is -0.0807. The van der Waals surface area contributed by atoms with Crippen molar-refractivity contribution in [2.75, 3.05) is 5.73 Å². The zero-order valence-electron chi connectivity index (χ0n) is 9.41. The van der Waals surface area contributed by atoms with Gasteiger partial charge in [-0.3, -0.25) is 4.79 Å². The Morgan fingerprint density at radius 2 is 1.76 bits per heavy atom. The van der Waals surface area contributed by atoms with Crippen molar-refractivity contribution in [1.29, 1.82) is 0 Å². The Morgan fingerprint density at radius 1 is 1.12 bits per heavy atom. The van der Waals surface area contributed by atoms with Crippen LogP contribution in [0.2, 0.25) is 5.02 Å². The van der Waals surface area contributed by atoms with Crippen LogP contribution in [0.25, 0.3) is 0 Å². The minimum Gasteiger partial charge on any atom is -0.398 e. The van der Waals surface area contributed by atoms with Crippen molar-refractivity contribution >= 4 is 23.1 Å². The monoisotopic (exact) mass is 245 g/mol. The van der Waals surface area contributed by atoms with Crippen molar-refractivity contribution in [1.82, 2.24) is 0 Å². The van der Waals surface area contributed by atoms with Crippen LogP contribution in [0.5, 0.6) is 0 Å². The highest BCUT2D eigenvalue weighted by atomic mass is 35.5. The van der Waals surface area contributed by atoms with E-state index >= 15 is 0 Å². The SMILES string of the molecule is Cc1cccc(C(=O)c2ccc(Cl)cc2)c1N. The summed E-state index contributed by atoms with van der Waals surface area (Å²) in [5.74, 6) is -0.0807. The molecule has 0 aromatic heterocycles. The van der Waals surface area contributed by atoms with E-state index in [-0.39, 0.29) is 5.78 Å². The molecule has 0 amide bonds. The Morgan fingerprint density at radius 3 is 2.41 bits per heavy atom. The number of ketones is 1. The summed E-state index contributed by atoms with van der Waals surface area (Å²) in [6, 6.07) is 12.2. The predicted molar refractivity (Wildman–Crippen MR) is 70.5 cm³/mol. The summed E-state index contributed by atoms with van der Waals surface area (Å²) in [5, 5.41) is 0.610. The molecule has 0 fully saturated rings. The Hall–Kier alpha value is -1.80. The Kier molecular flexibility index (Phi) is 3.16. The van der Waals surface area contributed by atoms with Gasteiger partial charge in [0.15, 0.2) is 5.78 Å². The van der Waals surface area contributed by atoms with Crippen LogP contribution >= 0.6 is 11.6 Å². The molecule has 0 aliphatic rings. The number of halogens is 1. The number of aryl methyl sites for hydroxylation is 1. The largest absolute Gasteiger partial charge is 0.398 e. The van der Waals surface area contributed by atoms with E-state index in [1.54, 1.807) is 30.3 Å².